The van der Waals surface area contributed by atoms with Crippen molar-refractivity contribution in [2.75, 3.05) is 39.8 Å². The van der Waals surface area contributed by atoms with Crippen LogP contribution < -0.4 is 0 Å². The predicted octanol–water partition coefficient (Wildman–Crippen LogP) is 5.03. The molecule has 0 spiro atoms. The molecule has 4 nitrogen and oxygen atoms in total. The van der Waals surface area contributed by atoms with Gasteiger partial charge in [0.2, 0.25) is 0 Å². The van der Waals surface area contributed by atoms with Gasteiger partial charge in [-0.1, -0.05) is 33.6 Å². The van der Waals surface area contributed by atoms with Crippen LogP contribution in [0.5, 0.6) is 0 Å². The molecule has 4 saturated carbocycles. The van der Waals surface area contributed by atoms with E-state index < -0.39 is 0 Å². The van der Waals surface area contributed by atoms with Crippen LogP contribution in [0, 0.1) is 46.3 Å². The lowest BCUT2D eigenvalue weighted by atomic mass is 9.43. The van der Waals surface area contributed by atoms with E-state index in [-0.39, 0.29) is 17.6 Å². The lowest BCUT2D eigenvalue weighted by Crippen LogP contribution is -2.58. The highest BCUT2D eigenvalue weighted by Gasteiger charge is 2.63. The molecule has 0 unspecified atom stereocenters. The predicted molar refractivity (Wildman–Crippen MR) is 140 cm³/mol. The average Bonchev–Trinajstić information content (AvgIpc) is 3.18. The normalized spacial score (nSPS) is 48.7. The van der Waals surface area contributed by atoms with Gasteiger partial charge in [-0.15, -0.1) is 0 Å². The van der Waals surface area contributed by atoms with Crippen molar-refractivity contribution in [3.8, 4) is 0 Å². The third kappa shape index (κ3) is 4.41. The van der Waals surface area contributed by atoms with E-state index >= 15 is 0 Å². The lowest BCUT2D eigenvalue weighted by molar-refractivity contribution is -0.174. The fourth-order valence-electron chi connectivity index (χ4n) is 10.2. The summed E-state index contributed by atoms with van der Waals surface area (Å²) in [6.07, 6.45) is 13.3. The average molecular weight is 475 g/mol. The molecule has 10 atom stereocenters. The smallest absolute Gasteiger partial charge is 0.0602 e. The largest absolute Gasteiger partial charge is 0.393 e. The zero-order valence-electron chi connectivity index (χ0n) is 22.7. The van der Waals surface area contributed by atoms with Gasteiger partial charge in [0.05, 0.1) is 12.2 Å². The Bertz CT molecular complexity index is 693. The Balaban J connectivity index is 1.19. The zero-order valence-corrected chi connectivity index (χ0v) is 22.7. The second-order valence-electron chi connectivity index (χ2n) is 14.0. The van der Waals surface area contributed by atoms with Crippen molar-refractivity contribution in [3.05, 3.63) is 0 Å². The molecule has 0 aromatic carbocycles. The van der Waals surface area contributed by atoms with Crippen molar-refractivity contribution in [1.82, 2.24) is 9.80 Å². The minimum atomic E-state index is -0.138. The molecule has 2 N–H and O–H groups in total. The van der Waals surface area contributed by atoms with Gasteiger partial charge in [-0.3, -0.25) is 0 Å². The first-order chi connectivity index (χ1) is 16.2. The molecule has 0 amide bonds. The summed E-state index contributed by atoms with van der Waals surface area (Å²) in [6, 6.07) is 0. The molecular formula is C30H54N2O2. The summed E-state index contributed by atoms with van der Waals surface area (Å²) in [6.45, 7) is 13.7. The van der Waals surface area contributed by atoms with Gasteiger partial charge in [0.15, 0.2) is 0 Å². The van der Waals surface area contributed by atoms with Crippen molar-refractivity contribution >= 4 is 0 Å². The summed E-state index contributed by atoms with van der Waals surface area (Å²) in [5, 5.41) is 22.1. The van der Waals surface area contributed by atoms with Gasteiger partial charge in [-0.05, 0) is 118 Å². The van der Waals surface area contributed by atoms with Gasteiger partial charge >= 0.3 is 0 Å². The first-order valence-corrected chi connectivity index (χ1v) is 15.0. The number of fused-ring (bicyclic) bond motifs is 5. The van der Waals surface area contributed by atoms with Crippen LogP contribution in [0.1, 0.15) is 91.4 Å². The molecule has 34 heavy (non-hydrogen) atoms. The Morgan fingerprint density at radius 3 is 2.41 bits per heavy atom. The second kappa shape index (κ2) is 9.95. The third-order valence-corrected chi connectivity index (χ3v) is 12.5. The van der Waals surface area contributed by atoms with Crippen molar-refractivity contribution in [3.63, 3.8) is 0 Å². The highest BCUT2D eigenvalue weighted by molar-refractivity contribution is 5.12. The number of likely N-dealkylation sites (N-methyl/N-ethyl adjacent to an activating group) is 1. The van der Waals surface area contributed by atoms with Crippen molar-refractivity contribution in [2.24, 2.45) is 46.3 Å². The summed E-state index contributed by atoms with van der Waals surface area (Å²) >= 11 is 0. The number of hydrogen-bond acceptors (Lipinski definition) is 4. The molecule has 5 rings (SSSR count). The van der Waals surface area contributed by atoms with Gasteiger partial charge in [-0.2, -0.15) is 0 Å². The van der Waals surface area contributed by atoms with Crippen LogP contribution in [0.2, 0.25) is 0 Å². The van der Waals surface area contributed by atoms with Gasteiger partial charge in [-0.25, -0.2) is 0 Å². The van der Waals surface area contributed by atoms with E-state index in [1.165, 1.54) is 84.1 Å². The van der Waals surface area contributed by atoms with E-state index in [9.17, 15) is 10.2 Å². The Kier molecular flexibility index (Phi) is 7.46. The quantitative estimate of drug-likeness (QED) is 0.530. The first kappa shape index (κ1) is 25.5. The number of aliphatic hydroxyl groups is 2. The SMILES string of the molecule is C[C@H](CCCCN1CCN(C)CC1)[C@H]1CC[C@H]2[C@@H]3CC[C@@H]4C[C@H](O)CC[C@]4(C)[C@H]3C[C@H](O)[C@]12C. The Labute approximate surface area is 209 Å². The summed E-state index contributed by atoms with van der Waals surface area (Å²) < 4.78 is 0. The van der Waals surface area contributed by atoms with E-state index in [0.29, 0.717) is 29.1 Å². The van der Waals surface area contributed by atoms with Crippen LogP contribution in [-0.2, 0) is 0 Å². The molecule has 1 saturated heterocycles. The molecule has 0 radical (unpaired) electrons. The van der Waals surface area contributed by atoms with Gasteiger partial charge in [0, 0.05) is 26.2 Å². The van der Waals surface area contributed by atoms with Crippen LogP contribution in [0.4, 0.5) is 0 Å². The number of piperazine rings is 1. The highest BCUT2D eigenvalue weighted by atomic mass is 16.3. The van der Waals surface area contributed by atoms with Crippen LogP contribution in [0.25, 0.3) is 0 Å². The fraction of sp³-hybridized carbons (Fsp3) is 1.00. The van der Waals surface area contributed by atoms with Crippen LogP contribution in [0.3, 0.4) is 0 Å². The number of rotatable bonds is 6. The minimum Gasteiger partial charge on any atom is -0.393 e. The zero-order chi connectivity index (χ0) is 24.1. The molecule has 0 aromatic heterocycles. The van der Waals surface area contributed by atoms with E-state index in [1.54, 1.807) is 0 Å². The van der Waals surface area contributed by atoms with Crippen LogP contribution in [-0.4, -0.2) is 72.0 Å². The number of unbranched alkanes of at least 4 members (excludes halogenated alkanes) is 1. The third-order valence-electron chi connectivity index (χ3n) is 12.5. The van der Waals surface area contributed by atoms with E-state index in [2.05, 4.69) is 37.6 Å². The van der Waals surface area contributed by atoms with Crippen molar-refractivity contribution < 1.29 is 10.2 Å². The molecule has 1 heterocycles. The van der Waals surface area contributed by atoms with E-state index in [1.807, 2.05) is 0 Å². The molecule has 4 aliphatic carbocycles. The number of aliphatic hydroxyl groups excluding tert-OH is 2. The van der Waals surface area contributed by atoms with Crippen molar-refractivity contribution in [1.29, 1.82) is 0 Å². The van der Waals surface area contributed by atoms with Crippen molar-refractivity contribution in [2.45, 2.75) is 104 Å². The Hall–Kier alpha value is -0.160. The minimum absolute atomic E-state index is 0.0821. The monoisotopic (exact) mass is 474 g/mol. The molecular weight excluding hydrogens is 420 g/mol. The number of hydrogen-bond donors (Lipinski definition) is 2. The maximum absolute atomic E-state index is 11.8. The molecule has 5 aliphatic rings. The maximum Gasteiger partial charge on any atom is 0.0602 e. The molecule has 0 aromatic rings. The molecule has 0 bridgehead atoms. The van der Waals surface area contributed by atoms with Gasteiger partial charge < -0.3 is 20.0 Å². The first-order valence-electron chi connectivity index (χ1n) is 15.0. The standard InChI is InChI=1S/C30H54N2O2/c1-21(7-5-6-14-32-17-15-31(4)16-18-32)25-10-11-26-24-9-8-22-19-23(33)12-13-29(22,2)27(24)20-28(34)30(25,26)3/h21-28,33-34H,5-20H2,1-4H3/t21-,22-,23-,24+,25-,26+,27+,28+,29+,30-/m1/s1. The van der Waals surface area contributed by atoms with Gasteiger partial charge in [0.25, 0.3) is 0 Å². The van der Waals surface area contributed by atoms with Gasteiger partial charge in [0.1, 0.15) is 0 Å². The van der Waals surface area contributed by atoms with E-state index in [4.69, 9.17) is 0 Å². The molecule has 1 aliphatic heterocycles. The fourth-order valence-corrected chi connectivity index (χ4v) is 10.2. The number of nitrogens with zero attached hydrogens (tertiary/aromatic N) is 2. The molecule has 4 heteroatoms. The summed E-state index contributed by atoms with van der Waals surface area (Å²) in [5.41, 5.74) is 0.465. The maximum atomic E-state index is 11.8. The molecule has 196 valence electrons. The topological polar surface area (TPSA) is 46.9 Å². The van der Waals surface area contributed by atoms with E-state index in [0.717, 1.165) is 31.1 Å². The van der Waals surface area contributed by atoms with Crippen LogP contribution in [0.15, 0.2) is 0 Å². The Morgan fingerprint density at radius 2 is 1.65 bits per heavy atom. The highest BCUT2D eigenvalue weighted by Crippen LogP contribution is 2.68. The molecule has 5 fully saturated rings. The Morgan fingerprint density at radius 1 is 0.882 bits per heavy atom. The lowest BCUT2D eigenvalue weighted by Gasteiger charge is -2.62. The second-order valence-corrected chi connectivity index (χ2v) is 14.0. The summed E-state index contributed by atoms with van der Waals surface area (Å²) in [5.74, 6) is 4.28. The van der Waals surface area contributed by atoms with Crippen LogP contribution >= 0.6 is 0 Å². The summed E-state index contributed by atoms with van der Waals surface area (Å²) in [4.78, 5) is 5.10. The summed E-state index contributed by atoms with van der Waals surface area (Å²) in [7, 11) is 2.24.